The Morgan fingerprint density at radius 2 is 2.22 bits per heavy atom. The number of aryl methyl sites for hydroxylation is 1. The third-order valence-corrected chi connectivity index (χ3v) is 4.07. The van der Waals surface area contributed by atoms with Gasteiger partial charge in [0.1, 0.15) is 6.54 Å². The van der Waals surface area contributed by atoms with E-state index in [4.69, 9.17) is 0 Å². The van der Waals surface area contributed by atoms with Gasteiger partial charge in [0.25, 0.3) is 0 Å². The molecule has 0 atom stereocenters. The fourth-order valence-corrected chi connectivity index (χ4v) is 2.41. The van der Waals surface area contributed by atoms with E-state index in [0.29, 0.717) is 12.5 Å². The molecule has 0 spiro atoms. The third kappa shape index (κ3) is 8.89. The summed E-state index contributed by atoms with van der Waals surface area (Å²) in [7, 11) is 3.44. The average Bonchev–Trinajstić information content (AvgIpc) is 2.96. The molecule has 6 nitrogen and oxygen atoms in total. The first kappa shape index (κ1) is 21.8. The van der Waals surface area contributed by atoms with Crippen molar-refractivity contribution in [1.29, 1.82) is 0 Å². The van der Waals surface area contributed by atoms with Crippen LogP contribution in [0.15, 0.2) is 23.8 Å². The third-order valence-electron chi connectivity index (χ3n) is 2.87. The molecule has 0 aliphatic heterocycles. The van der Waals surface area contributed by atoms with E-state index in [2.05, 4.69) is 34.1 Å². The topological polar surface area (TPSA) is 69.6 Å². The van der Waals surface area contributed by atoms with Crippen molar-refractivity contribution in [2.75, 3.05) is 33.7 Å². The Hall–Kier alpha value is -1.16. The van der Waals surface area contributed by atoms with E-state index in [9.17, 15) is 4.79 Å². The van der Waals surface area contributed by atoms with E-state index >= 15 is 0 Å². The molecule has 1 heterocycles. The number of hydrogen-bond acceptors (Lipinski definition) is 4. The van der Waals surface area contributed by atoms with E-state index in [0.717, 1.165) is 24.4 Å². The van der Waals surface area contributed by atoms with Gasteiger partial charge in [0.15, 0.2) is 5.96 Å². The minimum Gasteiger partial charge on any atom is -0.356 e. The van der Waals surface area contributed by atoms with Crippen LogP contribution in [-0.4, -0.2) is 55.5 Å². The van der Waals surface area contributed by atoms with Crippen molar-refractivity contribution >= 4 is 47.2 Å². The zero-order valence-corrected chi connectivity index (χ0v) is 17.1. The summed E-state index contributed by atoms with van der Waals surface area (Å²) < 4.78 is 0. The Morgan fingerprint density at radius 3 is 2.78 bits per heavy atom. The number of thiazole rings is 1. The Morgan fingerprint density at radius 1 is 1.48 bits per heavy atom. The highest BCUT2D eigenvalue weighted by Gasteiger charge is 2.05. The molecule has 0 radical (unpaired) electrons. The van der Waals surface area contributed by atoms with Crippen molar-refractivity contribution in [3.63, 3.8) is 0 Å². The molecule has 23 heavy (non-hydrogen) atoms. The number of carbonyl (C=O) groups excluding carboxylic acids is 1. The average molecular weight is 451 g/mol. The lowest BCUT2D eigenvalue weighted by Crippen LogP contribution is -2.39. The molecule has 1 amide bonds. The molecule has 0 unspecified atom stereocenters. The Balaban J connectivity index is 0.00000484. The second-order valence-electron chi connectivity index (χ2n) is 4.87. The van der Waals surface area contributed by atoms with Crippen molar-refractivity contribution in [1.82, 2.24) is 20.5 Å². The van der Waals surface area contributed by atoms with E-state index < -0.39 is 0 Å². The second-order valence-corrected chi connectivity index (χ2v) is 6.07. The standard InChI is InChI=1S/C15H25N5OS.HI/c1-5-8-16-15(19-11-14(21)20(3)4)17-9-7-13-18-10-12(6-2)22-13;/h5,10H,1,6-9,11H2,2-4H3,(H2,16,17,19);1H. The highest BCUT2D eigenvalue weighted by atomic mass is 127. The number of hydrogen-bond donors (Lipinski definition) is 2. The van der Waals surface area contributed by atoms with Crippen LogP contribution in [0.2, 0.25) is 0 Å². The van der Waals surface area contributed by atoms with Crippen LogP contribution in [0.3, 0.4) is 0 Å². The number of amides is 1. The quantitative estimate of drug-likeness (QED) is 0.273. The molecule has 1 rings (SSSR count). The molecule has 2 N–H and O–H groups in total. The number of nitrogens with one attached hydrogen (secondary N) is 2. The van der Waals surface area contributed by atoms with Crippen molar-refractivity contribution in [2.24, 2.45) is 4.99 Å². The van der Waals surface area contributed by atoms with Gasteiger partial charge in [-0.15, -0.1) is 41.9 Å². The van der Waals surface area contributed by atoms with E-state index in [1.54, 1.807) is 31.5 Å². The summed E-state index contributed by atoms with van der Waals surface area (Å²) in [4.78, 5) is 23.1. The smallest absolute Gasteiger partial charge is 0.243 e. The molecule has 0 saturated carbocycles. The molecular weight excluding hydrogens is 425 g/mol. The van der Waals surface area contributed by atoms with Crippen LogP contribution >= 0.6 is 35.3 Å². The molecule has 8 heteroatoms. The summed E-state index contributed by atoms with van der Waals surface area (Å²) in [5.41, 5.74) is 0. The molecule has 1 aromatic heterocycles. The molecular formula is C15H26IN5OS. The normalized spacial score (nSPS) is 10.7. The van der Waals surface area contributed by atoms with Gasteiger partial charge >= 0.3 is 0 Å². The minimum absolute atomic E-state index is 0. The van der Waals surface area contributed by atoms with Crippen LogP contribution in [0.4, 0.5) is 0 Å². The van der Waals surface area contributed by atoms with Gasteiger partial charge in [-0.05, 0) is 6.42 Å². The molecule has 0 aliphatic carbocycles. The maximum absolute atomic E-state index is 11.6. The lowest BCUT2D eigenvalue weighted by molar-refractivity contribution is -0.127. The summed E-state index contributed by atoms with van der Waals surface area (Å²) in [6.07, 6.45) is 5.53. The first-order valence-electron chi connectivity index (χ1n) is 7.33. The first-order valence-corrected chi connectivity index (χ1v) is 8.15. The molecule has 0 aliphatic rings. The van der Waals surface area contributed by atoms with Gasteiger partial charge in [0.05, 0.1) is 5.01 Å². The van der Waals surface area contributed by atoms with Crippen LogP contribution in [0, 0.1) is 0 Å². The van der Waals surface area contributed by atoms with Crippen LogP contribution < -0.4 is 10.6 Å². The van der Waals surface area contributed by atoms with Gasteiger partial charge in [0.2, 0.25) is 5.91 Å². The maximum Gasteiger partial charge on any atom is 0.243 e. The highest BCUT2D eigenvalue weighted by molar-refractivity contribution is 14.0. The van der Waals surface area contributed by atoms with Crippen molar-refractivity contribution in [3.05, 3.63) is 28.7 Å². The van der Waals surface area contributed by atoms with Gasteiger partial charge in [-0.25, -0.2) is 9.98 Å². The van der Waals surface area contributed by atoms with Gasteiger partial charge in [-0.2, -0.15) is 0 Å². The number of halogens is 1. The first-order chi connectivity index (χ1) is 10.6. The molecule has 130 valence electrons. The van der Waals surface area contributed by atoms with Crippen molar-refractivity contribution < 1.29 is 4.79 Å². The Bertz CT molecular complexity index is 516. The number of rotatable bonds is 8. The number of carbonyl (C=O) groups is 1. The predicted octanol–water partition coefficient (Wildman–Crippen LogP) is 1.68. The van der Waals surface area contributed by atoms with Crippen LogP contribution in [0.25, 0.3) is 0 Å². The Kier molecular flexibility index (Phi) is 11.7. The fourth-order valence-electron chi connectivity index (χ4n) is 1.55. The fraction of sp³-hybridized carbons (Fsp3) is 0.533. The molecule has 0 bridgehead atoms. The lowest BCUT2D eigenvalue weighted by Gasteiger charge is -2.12. The summed E-state index contributed by atoms with van der Waals surface area (Å²) in [6, 6.07) is 0. The van der Waals surface area contributed by atoms with E-state index in [-0.39, 0.29) is 36.4 Å². The Labute approximate surface area is 159 Å². The van der Waals surface area contributed by atoms with Gasteiger partial charge < -0.3 is 15.5 Å². The predicted molar refractivity (Wildman–Crippen MR) is 108 cm³/mol. The number of aromatic nitrogens is 1. The van der Waals surface area contributed by atoms with Gasteiger partial charge in [0, 0.05) is 44.7 Å². The van der Waals surface area contributed by atoms with Gasteiger partial charge in [-0.1, -0.05) is 13.0 Å². The summed E-state index contributed by atoms with van der Waals surface area (Å²) in [5.74, 6) is 0.578. The second kappa shape index (κ2) is 12.3. The largest absolute Gasteiger partial charge is 0.356 e. The van der Waals surface area contributed by atoms with E-state index in [1.807, 2.05) is 6.20 Å². The van der Waals surface area contributed by atoms with Crippen molar-refractivity contribution in [2.45, 2.75) is 19.8 Å². The number of nitrogens with zero attached hydrogens (tertiary/aromatic N) is 3. The zero-order chi connectivity index (χ0) is 16.4. The van der Waals surface area contributed by atoms with Crippen LogP contribution in [-0.2, 0) is 17.6 Å². The maximum atomic E-state index is 11.6. The SMILES string of the molecule is C=CCNC(=NCC(=O)N(C)C)NCCc1ncc(CC)s1.I. The number of aliphatic imine (C=N–C) groups is 1. The van der Waals surface area contributed by atoms with Crippen LogP contribution in [0.1, 0.15) is 16.8 Å². The summed E-state index contributed by atoms with van der Waals surface area (Å²) >= 11 is 1.74. The highest BCUT2D eigenvalue weighted by Crippen LogP contribution is 2.13. The summed E-state index contributed by atoms with van der Waals surface area (Å²) in [6.45, 7) is 7.23. The molecule has 0 saturated heterocycles. The summed E-state index contributed by atoms with van der Waals surface area (Å²) in [5, 5.41) is 7.42. The number of guanidine groups is 1. The molecule has 0 aromatic carbocycles. The van der Waals surface area contributed by atoms with E-state index in [1.165, 1.54) is 9.78 Å². The molecule has 0 fully saturated rings. The van der Waals surface area contributed by atoms with Crippen LogP contribution in [0.5, 0.6) is 0 Å². The number of likely N-dealkylation sites (N-methyl/N-ethyl adjacent to an activating group) is 1. The minimum atomic E-state index is -0.0350. The monoisotopic (exact) mass is 451 g/mol. The van der Waals surface area contributed by atoms with Crippen molar-refractivity contribution in [3.8, 4) is 0 Å². The van der Waals surface area contributed by atoms with Gasteiger partial charge in [-0.3, -0.25) is 4.79 Å². The molecule has 1 aromatic rings. The zero-order valence-electron chi connectivity index (χ0n) is 14.0. The lowest BCUT2D eigenvalue weighted by atomic mass is 10.4.